The van der Waals surface area contributed by atoms with Gasteiger partial charge in [0.15, 0.2) is 0 Å². The van der Waals surface area contributed by atoms with Crippen LogP contribution < -0.4 is 10.2 Å². The van der Waals surface area contributed by atoms with Gasteiger partial charge in [-0.1, -0.05) is 6.07 Å². The molecule has 1 aliphatic heterocycles. The van der Waals surface area contributed by atoms with E-state index in [0.717, 1.165) is 24.1 Å². The summed E-state index contributed by atoms with van der Waals surface area (Å²) in [5, 5.41) is 7.22. The molecule has 0 aliphatic carbocycles. The molecule has 29 heavy (non-hydrogen) atoms. The van der Waals surface area contributed by atoms with Crippen molar-refractivity contribution < 1.29 is 14.0 Å². The van der Waals surface area contributed by atoms with E-state index in [0.29, 0.717) is 30.0 Å². The normalized spacial score (nSPS) is 14.1. The van der Waals surface area contributed by atoms with Crippen molar-refractivity contribution in [2.24, 2.45) is 7.05 Å². The van der Waals surface area contributed by atoms with Crippen LogP contribution in [-0.4, -0.2) is 28.1 Å². The van der Waals surface area contributed by atoms with Gasteiger partial charge in [-0.05, 0) is 61.4 Å². The van der Waals surface area contributed by atoms with Crippen molar-refractivity contribution >= 4 is 23.2 Å². The highest BCUT2D eigenvalue weighted by Crippen LogP contribution is 2.25. The number of carbonyl (C=O) groups excluding carboxylic acids is 2. The number of anilines is 2. The number of benzene rings is 2. The first kappa shape index (κ1) is 18.9. The first-order valence-electron chi connectivity index (χ1n) is 9.53. The molecule has 6 nitrogen and oxygen atoms in total. The summed E-state index contributed by atoms with van der Waals surface area (Å²) in [7, 11) is 1.69. The Morgan fingerprint density at radius 2 is 1.90 bits per heavy atom. The number of aromatic nitrogens is 2. The van der Waals surface area contributed by atoms with Crippen LogP contribution in [0.15, 0.2) is 54.6 Å². The lowest BCUT2D eigenvalue weighted by Gasteiger charge is -2.27. The van der Waals surface area contributed by atoms with Gasteiger partial charge in [-0.25, -0.2) is 4.39 Å². The number of piperidine rings is 1. The van der Waals surface area contributed by atoms with Crippen molar-refractivity contribution in [3.8, 4) is 11.3 Å². The molecule has 0 atom stereocenters. The summed E-state index contributed by atoms with van der Waals surface area (Å²) in [6.07, 6.45) is 2.45. The van der Waals surface area contributed by atoms with Gasteiger partial charge in [0.25, 0.3) is 5.91 Å². The van der Waals surface area contributed by atoms with Crippen molar-refractivity contribution in [2.45, 2.75) is 19.3 Å². The third-order valence-electron chi connectivity index (χ3n) is 4.99. The van der Waals surface area contributed by atoms with Crippen molar-refractivity contribution in [1.29, 1.82) is 0 Å². The Kier molecular flexibility index (Phi) is 5.12. The molecule has 0 radical (unpaired) electrons. The first-order chi connectivity index (χ1) is 14.0. The van der Waals surface area contributed by atoms with Crippen LogP contribution in [0.3, 0.4) is 0 Å². The summed E-state index contributed by atoms with van der Waals surface area (Å²) in [5.74, 6) is -0.527. The summed E-state index contributed by atoms with van der Waals surface area (Å²) < 4.78 is 14.6. The van der Waals surface area contributed by atoms with E-state index in [-0.39, 0.29) is 17.6 Å². The van der Waals surface area contributed by atoms with Crippen molar-refractivity contribution in [1.82, 2.24) is 9.78 Å². The van der Waals surface area contributed by atoms with Gasteiger partial charge in [0.1, 0.15) is 11.5 Å². The van der Waals surface area contributed by atoms with Crippen LogP contribution in [0.4, 0.5) is 15.8 Å². The molecule has 148 valence electrons. The van der Waals surface area contributed by atoms with E-state index in [1.165, 1.54) is 16.8 Å². The summed E-state index contributed by atoms with van der Waals surface area (Å²) >= 11 is 0. The molecule has 1 fully saturated rings. The Labute approximate surface area is 167 Å². The molecule has 2 heterocycles. The lowest BCUT2D eigenvalue weighted by atomic mass is 10.1. The van der Waals surface area contributed by atoms with Crippen LogP contribution in [0.25, 0.3) is 11.3 Å². The van der Waals surface area contributed by atoms with E-state index in [9.17, 15) is 14.0 Å². The molecule has 0 saturated carbocycles. The minimum atomic E-state index is -0.324. The van der Waals surface area contributed by atoms with Crippen molar-refractivity contribution in [2.75, 3.05) is 16.8 Å². The predicted molar refractivity (Wildman–Crippen MR) is 109 cm³/mol. The summed E-state index contributed by atoms with van der Waals surface area (Å²) in [6, 6.07) is 14.9. The number of nitrogens with one attached hydrogen (secondary N) is 1. The number of aryl methyl sites for hydroxylation is 1. The zero-order valence-corrected chi connectivity index (χ0v) is 16.1. The second kappa shape index (κ2) is 7.87. The molecule has 4 rings (SSSR count). The van der Waals surface area contributed by atoms with Crippen LogP contribution in [0.2, 0.25) is 0 Å². The highest BCUT2D eigenvalue weighted by molar-refractivity contribution is 6.04. The summed E-state index contributed by atoms with van der Waals surface area (Å²) in [4.78, 5) is 26.7. The maximum Gasteiger partial charge on any atom is 0.273 e. The second-order valence-corrected chi connectivity index (χ2v) is 7.05. The number of hydrogen-bond acceptors (Lipinski definition) is 3. The fourth-order valence-electron chi connectivity index (χ4n) is 3.47. The lowest BCUT2D eigenvalue weighted by molar-refractivity contribution is -0.119. The van der Waals surface area contributed by atoms with E-state index >= 15 is 0 Å². The fourth-order valence-corrected chi connectivity index (χ4v) is 3.47. The second-order valence-electron chi connectivity index (χ2n) is 7.05. The minimum absolute atomic E-state index is 0.107. The molecule has 1 aliphatic rings. The van der Waals surface area contributed by atoms with E-state index in [1.807, 2.05) is 12.1 Å². The van der Waals surface area contributed by atoms with Crippen LogP contribution in [-0.2, 0) is 11.8 Å². The number of hydrogen-bond donors (Lipinski definition) is 1. The first-order valence-corrected chi connectivity index (χ1v) is 9.53. The highest BCUT2D eigenvalue weighted by atomic mass is 19.1. The third-order valence-corrected chi connectivity index (χ3v) is 4.99. The van der Waals surface area contributed by atoms with Gasteiger partial charge in [-0.15, -0.1) is 0 Å². The molecular weight excluding hydrogens is 371 g/mol. The molecular formula is C22H21FN4O2. The molecule has 0 spiro atoms. The fraction of sp³-hybridized carbons (Fsp3) is 0.227. The van der Waals surface area contributed by atoms with Crippen LogP contribution in [0, 0.1) is 5.82 Å². The largest absolute Gasteiger partial charge is 0.321 e. The maximum atomic E-state index is 13.1. The average Bonchev–Trinajstić information content (AvgIpc) is 3.11. The molecule has 0 bridgehead atoms. The molecule has 2 aromatic carbocycles. The number of carbonyl (C=O) groups is 2. The van der Waals surface area contributed by atoms with Crippen molar-refractivity contribution in [3.05, 3.63) is 66.1 Å². The van der Waals surface area contributed by atoms with Gasteiger partial charge in [0.05, 0.1) is 5.69 Å². The SMILES string of the molecule is Cn1nc(-c2ccc(F)cc2)cc1C(=O)Nc1cccc(N2CCCCC2=O)c1. The monoisotopic (exact) mass is 392 g/mol. The number of rotatable bonds is 4. The van der Waals surface area contributed by atoms with Gasteiger partial charge in [-0.3, -0.25) is 14.3 Å². The Bertz CT molecular complexity index is 1060. The van der Waals surface area contributed by atoms with Crippen LogP contribution in [0.1, 0.15) is 29.8 Å². The highest BCUT2D eigenvalue weighted by Gasteiger charge is 2.20. The van der Waals surface area contributed by atoms with Gasteiger partial charge in [-0.2, -0.15) is 5.10 Å². The topological polar surface area (TPSA) is 67.2 Å². The molecule has 1 N–H and O–H groups in total. The average molecular weight is 392 g/mol. The molecule has 0 unspecified atom stereocenters. The smallest absolute Gasteiger partial charge is 0.273 e. The van der Waals surface area contributed by atoms with Gasteiger partial charge < -0.3 is 10.2 Å². The minimum Gasteiger partial charge on any atom is -0.321 e. The number of nitrogens with zero attached hydrogens (tertiary/aromatic N) is 3. The molecule has 3 aromatic rings. The van der Waals surface area contributed by atoms with Crippen LogP contribution >= 0.6 is 0 Å². The zero-order valence-electron chi connectivity index (χ0n) is 16.1. The van der Waals surface area contributed by atoms with Gasteiger partial charge in [0.2, 0.25) is 5.91 Å². The quantitative estimate of drug-likeness (QED) is 0.730. The third kappa shape index (κ3) is 4.03. The molecule has 1 aromatic heterocycles. The molecule has 2 amide bonds. The Morgan fingerprint density at radius 3 is 2.66 bits per heavy atom. The van der Waals surface area contributed by atoms with E-state index < -0.39 is 0 Å². The Morgan fingerprint density at radius 1 is 1.10 bits per heavy atom. The predicted octanol–water partition coefficient (Wildman–Crippen LogP) is 4.00. The summed E-state index contributed by atoms with van der Waals surface area (Å²) in [6.45, 7) is 0.693. The van der Waals surface area contributed by atoms with E-state index in [2.05, 4.69) is 10.4 Å². The standard InChI is InChI=1S/C22H21FN4O2/c1-26-20(14-19(25-26)15-8-10-16(23)11-9-15)22(29)24-17-5-4-6-18(13-17)27-12-3-2-7-21(27)28/h4-6,8-11,13-14H,2-3,7,12H2,1H3,(H,24,29). The van der Waals surface area contributed by atoms with Gasteiger partial charge >= 0.3 is 0 Å². The zero-order chi connectivity index (χ0) is 20.4. The molecule has 7 heteroatoms. The maximum absolute atomic E-state index is 13.1. The Hall–Kier alpha value is -3.48. The number of halogens is 1. The van der Waals surface area contributed by atoms with E-state index in [4.69, 9.17) is 0 Å². The van der Waals surface area contributed by atoms with Gasteiger partial charge in [0, 0.05) is 37.0 Å². The van der Waals surface area contributed by atoms with Crippen LogP contribution in [0.5, 0.6) is 0 Å². The lowest BCUT2D eigenvalue weighted by Crippen LogP contribution is -2.35. The number of amides is 2. The van der Waals surface area contributed by atoms with Crippen molar-refractivity contribution in [3.63, 3.8) is 0 Å². The Balaban J connectivity index is 1.53. The van der Waals surface area contributed by atoms with E-state index in [1.54, 1.807) is 42.3 Å². The summed E-state index contributed by atoms with van der Waals surface area (Å²) in [5.41, 5.74) is 3.08. The molecule has 1 saturated heterocycles.